The van der Waals surface area contributed by atoms with Gasteiger partial charge in [0.15, 0.2) is 13.1 Å². The van der Waals surface area contributed by atoms with E-state index in [-0.39, 0.29) is 11.4 Å². The van der Waals surface area contributed by atoms with Crippen LogP contribution in [0.25, 0.3) is 11.4 Å². The lowest BCUT2D eigenvalue weighted by molar-refractivity contribution is -0.886. The number of halogens is 1. The van der Waals surface area contributed by atoms with Crippen LogP contribution in [-0.2, 0) is 11.3 Å². The van der Waals surface area contributed by atoms with E-state index in [1.54, 1.807) is 12.1 Å². The Balaban J connectivity index is 1.95. The highest BCUT2D eigenvalue weighted by Crippen LogP contribution is 2.19. The lowest BCUT2D eigenvalue weighted by Crippen LogP contribution is -3.09. The lowest BCUT2D eigenvalue weighted by Gasteiger charge is -2.21. The number of rotatable bonds is 5. The fourth-order valence-corrected chi connectivity index (χ4v) is 2.32. The normalized spacial score (nSPS) is 12.9. The summed E-state index contributed by atoms with van der Waals surface area (Å²) in [5.41, 5.74) is 0.567. The molecular weight excluding hydrogens is 316 g/mol. The highest BCUT2D eigenvalue weighted by molar-refractivity contribution is 6.30. The van der Waals surface area contributed by atoms with Crippen molar-refractivity contribution >= 4 is 17.5 Å². The third kappa shape index (κ3) is 5.65. The summed E-state index contributed by atoms with van der Waals surface area (Å²) in [6.45, 7) is 6.68. The molecule has 0 aliphatic carbocycles. The smallest absolute Gasteiger partial charge is 0.282 e. The number of carbonyl (C=O) groups is 1. The maximum Gasteiger partial charge on any atom is 0.282 e. The van der Waals surface area contributed by atoms with Crippen LogP contribution in [0.2, 0.25) is 5.02 Å². The second-order valence-corrected chi connectivity index (χ2v) is 7.07. The van der Waals surface area contributed by atoms with Crippen LogP contribution in [0, 0.1) is 0 Å². The van der Waals surface area contributed by atoms with E-state index in [1.165, 1.54) is 0 Å². The summed E-state index contributed by atoms with van der Waals surface area (Å²) < 4.78 is 5.26. The number of hydrogen-bond donors (Lipinski definition) is 2. The van der Waals surface area contributed by atoms with Crippen molar-refractivity contribution < 1.29 is 14.2 Å². The third-order valence-electron chi connectivity index (χ3n) is 2.98. The molecule has 1 aromatic heterocycles. The fourth-order valence-electron chi connectivity index (χ4n) is 2.13. The van der Waals surface area contributed by atoms with Crippen LogP contribution in [-0.4, -0.2) is 35.2 Å². The van der Waals surface area contributed by atoms with Crippen molar-refractivity contribution in [2.24, 2.45) is 0 Å². The average molecular weight is 338 g/mol. The van der Waals surface area contributed by atoms with Gasteiger partial charge in [0.1, 0.15) is 0 Å². The van der Waals surface area contributed by atoms with Gasteiger partial charge in [0.2, 0.25) is 5.82 Å². The van der Waals surface area contributed by atoms with Crippen LogP contribution in [0.1, 0.15) is 26.7 Å². The summed E-state index contributed by atoms with van der Waals surface area (Å²) in [5.74, 6) is 0.972. The first-order chi connectivity index (χ1) is 10.7. The molecular formula is C16H22ClN4O2+. The first kappa shape index (κ1) is 17.4. The first-order valence-corrected chi connectivity index (χ1v) is 7.81. The van der Waals surface area contributed by atoms with Gasteiger partial charge < -0.3 is 14.7 Å². The van der Waals surface area contributed by atoms with Gasteiger partial charge in [-0.15, -0.1) is 0 Å². The van der Waals surface area contributed by atoms with Gasteiger partial charge in [-0.05, 0) is 32.9 Å². The number of nitrogens with one attached hydrogen (secondary N) is 2. The van der Waals surface area contributed by atoms with E-state index < -0.39 is 0 Å². The third-order valence-corrected chi connectivity index (χ3v) is 3.22. The molecule has 0 spiro atoms. The topological polar surface area (TPSA) is 72.5 Å². The summed E-state index contributed by atoms with van der Waals surface area (Å²) in [6, 6.07) is 7.27. The van der Waals surface area contributed by atoms with Crippen molar-refractivity contribution in [1.29, 1.82) is 0 Å². The van der Waals surface area contributed by atoms with Gasteiger partial charge in [-0.25, -0.2) is 0 Å². The SMILES string of the molecule is C[NH+](CC(=O)NC(C)(C)C)Cc1nc(-c2cccc(Cl)c2)no1. The highest BCUT2D eigenvalue weighted by atomic mass is 35.5. The Hall–Kier alpha value is -1.92. The van der Waals surface area contributed by atoms with Crippen LogP contribution in [0.5, 0.6) is 0 Å². The van der Waals surface area contributed by atoms with Crippen LogP contribution in [0.3, 0.4) is 0 Å². The monoisotopic (exact) mass is 337 g/mol. The van der Waals surface area contributed by atoms with Crippen LogP contribution >= 0.6 is 11.6 Å². The summed E-state index contributed by atoms with van der Waals surface area (Å²) in [7, 11) is 1.91. The summed E-state index contributed by atoms with van der Waals surface area (Å²) in [5, 5.41) is 7.51. The molecule has 0 saturated heterocycles. The van der Waals surface area contributed by atoms with Crippen LogP contribution in [0.15, 0.2) is 28.8 Å². The molecule has 2 rings (SSSR count). The molecule has 0 bridgehead atoms. The minimum Gasteiger partial charge on any atom is -0.347 e. The quantitative estimate of drug-likeness (QED) is 0.863. The Morgan fingerprint density at radius 3 is 2.78 bits per heavy atom. The zero-order valence-corrected chi connectivity index (χ0v) is 14.6. The van der Waals surface area contributed by atoms with Gasteiger partial charge in [0, 0.05) is 16.1 Å². The molecule has 7 heteroatoms. The molecule has 0 fully saturated rings. The van der Waals surface area contributed by atoms with Gasteiger partial charge in [-0.3, -0.25) is 4.79 Å². The molecule has 0 saturated carbocycles. The lowest BCUT2D eigenvalue weighted by atomic mass is 10.1. The molecule has 1 heterocycles. The van der Waals surface area contributed by atoms with Crippen molar-refractivity contribution in [3.05, 3.63) is 35.2 Å². The highest BCUT2D eigenvalue weighted by Gasteiger charge is 2.19. The number of likely N-dealkylation sites (N-methyl/N-ethyl adjacent to an activating group) is 1. The van der Waals surface area contributed by atoms with E-state index in [2.05, 4.69) is 15.5 Å². The van der Waals surface area contributed by atoms with E-state index in [0.29, 0.717) is 29.8 Å². The zero-order valence-electron chi connectivity index (χ0n) is 13.8. The largest absolute Gasteiger partial charge is 0.347 e. The Labute approximate surface area is 140 Å². The van der Waals surface area contributed by atoms with Crippen molar-refractivity contribution in [3.8, 4) is 11.4 Å². The Kier molecular flexibility index (Phi) is 5.38. The Morgan fingerprint density at radius 1 is 1.39 bits per heavy atom. The van der Waals surface area contributed by atoms with Crippen LogP contribution in [0.4, 0.5) is 0 Å². The Morgan fingerprint density at radius 2 is 2.13 bits per heavy atom. The molecule has 1 unspecified atom stereocenters. The molecule has 1 aromatic carbocycles. The standard InChI is InChI=1S/C16H21ClN4O2/c1-16(2,3)19-13(22)9-21(4)10-14-18-15(20-23-14)11-6-5-7-12(17)8-11/h5-8H,9-10H2,1-4H3,(H,19,22)/p+1. The summed E-state index contributed by atoms with van der Waals surface area (Å²) in [6.07, 6.45) is 0. The zero-order chi connectivity index (χ0) is 17.0. The van der Waals surface area contributed by atoms with Crippen molar-refractivity contribution in [2.45, 2.75) is 32.9 Å². The predicted molar refractivity (Wildman–Crippen MR) is 88.1 cm³/mol. The first-order valence-electron chi connectivity index (χ1n) is 7.44. The number of benzene rings is 1. The average Bonchev–Trinajstić information content (AvgIpc) is 2.84. The number of aromatic nitrogens is 2. The van der Waals surface area contributed by atoms with Gasteiger partial charge in [0.05, 0.1) is 7.05 Å². The molecule has 2 N–H and O–H groups in total. The molecule has 0 aliphatic heterocycles. The second-order valence-electron chi connectivity index (χ2n) is 6.63. The van der Waals surface area contributed by atoms with E-state index in [4.69, 9.17) is 16.1 Å². The van der Waals surface area contributed by atoms with Gasteiger partial charge >= 0.3 is 0 Å². The summed E-state index contributed by atoms with van der Waals surface area (Å²) in [4.78, 5) is 17.2. The number of nitrogens with zero attached hydrogens (tertiary/aromatic N) is 2. The molecule has 1 atom stereocenters. The predicted octanol–water partition coefficient (Wildman–Crippen LogP) is 1.32. The minimum absolute atomic E-state index is 0.00965. The number of hydrogen-bond acceptors (Lipinski definition) is 4. The molecule has 0 radical (unpaired) electrons. The van der Waals surface area contributed by atoms with Gasteiger partial charge in [-0.1, -0.05) is 28.9 Å². The molecule has 6 nitrogen and oxygen atoms in total. The van der Waals surface area contributed by atoms with Crippen LogP contribution < -0.4 is 10.2 Å². The molecule has 0 aliphatic rings. The molecule has 23 heavy (non-hydrogen) atoms. The van der Waals surface area contributed by atoms with E-state index in [9.17, 15) is 4.79 Å². The maximum absolute atomic E-state index is 11.9. The second kappa shape index (κ2) is 7.10. The van der Waals surface area contributed by atoms with Gasteiger partial charge in [0.25, 0.3) is 11.8 Å². The van der Waals surface area contributed by atoms with E-state index in [1.807, 2.05) is 40.0 Å². The molecule has 2 aromatic rings. The number of quaternary nitrogens is 1. The van der Waals surface area contributed by atoms with E-state index >= 15 is 0 Å². The van der Waals surface area contributed by atoms with Crippen molar-refractivity contribution in [3.63, 3.8) is 0 Å². The molecule has 1 amide bonds. The number of amides is 1. The van der Waals surface area contributed by atoms with Crippen molar-refractivity contribution in [1.82, 2.24) is 15.5 Å². The number of carbonyl (C=O) groups excluding carboxylic acids is 1. The molecule has 124 valence electrons. The van der Waals surface area contributed by atoms with E-state index in [0.717, 1.165) is 10.5 Å². The maximum atomic E-state index is 11.9. The van der Waals surface area contributed by atoms with Crippen molar-refractivity contribution in [2.75, 3.05) is 13.6 Å². The Bertz CT molecular complexity index is 679. The van der Waals surface area contributed by atoms with Gasteiger partial charge in [-0.2, -0.15) is 4.98 Å². The fraction of sp³-hybridized carbons (Fsp3) is 0.438. The minimum atomic E-state index is -0.235. The summed E-state index contributed by atoms with van der Waals surface area (Å²) >= 11 is 5.96.